The number of nitrogens with two attached hydrogens (primary N) is 1. The fourth-order valence-electron chi connectivity index (χ4n) is 2.60. The van der Waals surface area contributed by atoms with E-state index >= 15 is 0 Å². The van der Waals surface area contributed by atoms with Crippen molar-refractivity contribution in [2.45, 2.75) is 34.1 Å². The van der Waals surface area contributed by atoms with Crippen LogP contribution in [0, 0.1) is 6.92 Å². The molecule has 4 heteroatoms. The molecule has 1 aromatic rings. The summed E-state index contributed by atoms with van der Waals surface area (Å²) in [6.07, 6.45) is 1.15. The summed E-state index contributed by atoms with van der Waals surface area (Å²) in [7, 11) is 0. The standard InChI is InChI=1S/C17H29N3S/c1-5-19(6-2)11-8-12-20(7-3)16-10-9-14(4)13-15(16)17(18)21/h9-10,13H,5-8,11-12H2,1-4H3,(H2,18,21). The Morgan fingerprint density at radius 2 is 1.76 bits per heavy atom. The highest BCUT2D eigenvalue weighted by Gasteiger charge is 2.12. The summed E-state index contributed by atoms with van der Waals surface area (Å²) < 4.78 is 0. The van der Waals surface area contributed by atoms with E-state index < -0.39 is 0 Å². The summed E-state index contributed by atoms with van der Waals surface area (Å²) in [5.74, 6) is 0. The SMILES string of the molecule is CCN(CC)CCCN(CC)c1ccc(C)cc1C(N)=S. The molecule has 0 heterocycles. The molecule has 21 heavy (non-hydrogen) atoms. The van der Waals surface area contributed by atoms with E-state index in [1.165, 1.54) is 5.56 Å². The maximum Gasteiger partial charge on any atom is 0.106 e. The number of nitrogens with zero attached hydrogens (tertiary/aromatic N) is 2. The maximum absolute atomic E-state index is 5.89. The first kappa shape index (κ1) is 17.9. The van der Waals surface area contributed by atoms with E-state index in [-0.39, 0.29) is 0 Å². The number of hydrogen-bond donors (Lipinski definition) is 1. The Morgan fingerprint density at radius 1 is 1.10 bits per heavy atom. The molecule has 1 aromatic carbocycles. The topological polar surface area (TPSA) is 32.5 Å². The summed E-state index contributed by atoms with van der Waals surface area (Å²) >= 11 is 5.21. The quantitative estimate of drug-likeness (QED) is 0.710. The molecule has 118 valence electrons. The van der Waals surface area contributed by atoms with Crippen LogP contribution in [-0.4, -0.2) is 42.6 Å². The minimum Gasteiger partial charge on any atom is -0.389 e. The van der Waals surface area contributed by atoms with Gasteiger partial charge in [-0.25, -0.2) is 0 Å². The van der Waals surface area contributed by atoms with Crippen molar-refractivity contribution in [3.8, 4) is 0 Å². The highest BCUT2D eigenvalue weighted by molar-refractivity contribution is 7.80. The predicted octanol–water partition coefficient (Wildman–Crippen LogP) is 3.19. The molecule has 0 saturated heterocycles. The van der Waals surface area contributed by atoms with Gasteiger partial charge in [-0.05, 0) is 52.0 Å². The Bertz CT molecular complexity index is 455. The first-order valence-corrected chi connectivity index (χ1v) is 8.32. The number of aryl methyl sites for hydroxylation is 1. The van der Waals surface area contributed by atoms with Gasteiger partial charge in [0.15, 0.2) is 0 Å². The second-order valence-corrected chi connectivity index (χ2v) is 5.78. The fourth-order valence-corrected chi connectivity index (χ4v) is 2.76. The zero-order chi connectivity index (χ0) is 15.8. The van der Waals surface area contributed by atoms with E-state index in [9.17, 15) is 0 Å². The number of benzene rings is 1. The summed E-state index contributed by atoms with van der Waals surface area (Å²) in [5, 5.41) is 0. The molecule has 0 radical (unpaired) electrons. The van der Waals surface area contributed by atoms with Crippen LogP contribution in [0.5, 0.6) is 0 Å². The van der Waals surface area contributed by atoms with Gasteiger partial charge in [-0.2, -0.15) is 0 Å². The highest BCUT2D eigenvalue weighted by atomic mass is 32.1. The average Bonchev–Trinajstić information content (AvgIpc) is 2.48. The molecule has 0 bridgehead atoms. The number of anilines is 1. The lowest BCUT2D eigenvalue weighted by Crippen LogP contribution is -2.31. The summed E-state index contributed by atoms with van der Waals surface area (Å²) in [5.41, 5.74) is 9.24. The van der Waals surface area contributed by atoms with Crippen molar-refractivity contribution in [3.05, 3.63) is 29.3 Å². The Labute approximate surface area is 135 Å². The lowest BCUT2D eigenvalue weighted by molar-refractivity contribution is 0.301. The molecular weight excluding hydrogens is 278 g/mol. The molecule has 0 amide bonds. The van der Waals surface area contributed by atoms with Crippen LogP contribution in [0.1, 0.15) is 38.3 Å². The van der Waals surface area contributed by atoms with Gasteiger partial charge in [0.25, 0.3) is 0 Å². The second-order valence-electron chi connectivity index (χ2n) is 5.34. The van der Waals surface area contributed by atoms with E-state index in [4.69, 9.17) is 18.0 Å². The molecule has 0 aromatic heterocycles. The molecule has 0 aliphatic heterocycles. The monoisotopic (exact) mass is 307 g/mol. The molecule has 0 aliphatic carbocycles. The van der Waals surface area contributed by atoms with Gasteiger partial charge in [0.05, 0.1) is 0 Å². The van der Waals surface area contributed by atoms with Gasteiger partial charge in [0, 0.05) is 24.3 Å². The van der Waals surface area contributed by atoms with Crippen molar-refractivity contribution in [1.82, 2.24) is 4.90 Å². The molecule has 0 atom stereocenters. The van der Waals surface area contributed by atoms with Crippen molar-refractivity contribution >= 4 is 22.9 Å². The number of thiocarbonyl (C=S) groups is 1. The molecule has 1 rings (SSSR count). The van der Waals surface area contributed by atoms with Crippen LogP contribution >= 0.6 is 12.2 Å². The van der Waals surface area contributed by atoms with E-state index in [1.807, 2.05) is 0 Å². The Balaban J connectivity index is 2.78. The summed E-state index contributed by atoms with van der Waals surface area (Å²) in [6, 6.07) is 6.36. The van der Waals surface area contributed by atoms with Crippen LogP contribution in [0.15, 0.2) is 18.2 Å². The third-order valence-electron chi connectivity index (χ3n) is 3.94. The van der Waals surface area contributed by atoms with Crippen molar-refractivity contribution in [3.63, 3.8) is 0 Å². The second kappa shape index (κ2) is 9.00. The van der Waals surface area contributed by atoms with Gasteiger partial charge in [0.1, 0.15) is 4.99 Å². The van der Waals surface area contributed by atoms with E-state index in [2.05, 4.69) is 55.7 Å². The van der Waals surface area contributed by atoms with Gasteiger partial charge >= 0.3 is 0 Å². The van der Waals surface area contributed by atoms with E-state index in [1.54, 1.807) is 0 Å². The van der Waals surface area contributed by atoms with E-state index in [0.717, 1.165) is 50.4 Å². The van der Waals surface area contributed by atoms with Gasteiger partial charge in [0.2, 0.25) is 0 Å². The largest absolute Gasteiger partial charge is 0.389 e. The third-order valence-corrected chi connectivity index (χ3v) is 4.16. The van der Waals surface area contributed by atoms with Crippen LogP contribution in [0.3, 0.4) is 0 Å². The maximum atomic E-state index is 5.89. The molecule has 0 unspecified atom stereocenters. The zero-order valence-electron chi connectivity index (χ0n) is 13.9. The van der Waals surface area contributed by atoms with Crippen LogP contribution < -0.4 is 10.6 Å². The highest BCUT2D eigenvalue weighted by Crippen LogP contribution is 2.22. The minimum absolute atomic E-state index is 0.482. The van der Waals surface area contributed by atoms with Crippen molar-refractivity contribution in [2.75, 3.05) is 37.6 Å². The predicted molar refractivity (Wildman–Crippen MR) is 97.4 cm³/mol. The number of hydrogen-bond acceptors (Lipinski definition) is 3. The van der Waals surface area contributed by atoms with Gasteiger partial charge in [-0.3, -0.25) is 0 Å². The Morgan fingerprint density at radius 3 is 2.29 bits per heavy atom. The number of rotatable bonds is 9. The minimum atomic E-state index is 0.482. The molecule has 0 fully saturated rings. The Hall–Kier alpha value is -1.13. The summed E-state index contributed by atoms with van der Waals surface area (Å²) in [4.78, 5) is 5.31. The molecule has 2 N–H and O–H groups in total. The molecule has 3 nitrogen and oxygen atoms in total. The molecular formula is C17H29N3S. The Kier molecular flexibility index (Phi) is 7.68. The third kappa shape index (κ3) is 5.29. The van der Waals surface area contributed by atoms with Crippen LogP contribution in [0.2, 0.25) is 0 Å². The smallest absolute Gasteiger partial charge is 0.106 e. The summed E-state index contributed by atoms with van der Waals surface area (Å²) in [6.45, 7) is 14.1. The van der Waals surface area contributed by atoms with Gasteiger partial charge in [-0.15, -0.1) is 0 Å². The zero-order valence-corrected chi connectivity index (χ0v) is 14.7. The fraction of sp³-hybridized carbons (Fsp3) is 0.588. The van der Waals surface area contributed by atoms with Crippen molar-refractivity contribution in [2.24, 2.45) is 5.73 Å². The molecule has 0 spiro atoms. The molecule has 0 saturated carbocycles. The van der Waals surface area contributed by atoms with Crippen molar-refractivity contribution < 1.29 is 0 Å². The van der Waals surface area contributed by atoms with Crippen LogP contribution in [0.25, 0.3) is 0 Å². The van der Waals surface area contributed by atoms with E-state index in [0.29, 0.717) is 4.99 Å². The van der Waals surface area contributed by atoms with Crippen LogP contribution in [-0.2, 0) is 0 Å². The first-order chi connectivity index (χ1) is 10.0. The lowest BCUT2D eigenvalue weighted by Gasteiger charge is -2.27. The van der Waals surface area contributed by atoms with Gasteiger partial charge in [-0.1, -0.05) is 37.7 Å². The van der Waals surface area contributed by atoms with Crippen LogP contribution in [0.4, 0.5) is 5.69 Å². The average molecular weight is 308 g/mol. The van der Waals surface area contributed by atoms with Gasteiger partial charge < -0.3 is 15.5 Å². The van der Waals surface area contributed by atoms with Crippen molar-refractivity contribution in [1.29, 1.82) is 0 Å². The lowest BCUT2D eigenvalue weighted by atomic mass is 10.1. The normalized spacial score (nSPS) is 10.9. The first-order valence-electron chi connectivity index (χ1n) is 7.91. The molecule has 0 aliphatic rings.